The van der Waals surface area contributed by atoms with Crippen LogP contribution in [0, 0.1) is 5.92 Å². The van der Waals surface area contributed by atoms with Crippen LogP contribution in [0.1, 0.15) is 30.4 Å². The molecule has 2 aromatic rings. The summed E-state index contributed by atoms with van der Waals surface area (Å²) in [5.41, 5.74) is 8.35. The molecule has 1 aromatic heterocycles. The third-order valence-electron chi connectivity index (χ3n) is 6.23. The second kappa shape index (κ2) is 6.25. The lowest BCUT2D eigenvalue weighted by Crippen LogP contribution is -2.51. The molecule has 1 aromatic carbocycles. The zero-order chi connectivity index (χ0) is 17.7. The highest BCUT2D eigenvalue weighted by Crippen LogP contribution is 2.40. The molecule has 2 N–H and O–H groups in total. The number of nitrogens with zero attached hydrogens (tertiary/aromatic N) is 2. The van der Waals surface area contributed by atoms with E-state index in [1.165, 1.54) is 46.9 Å². The SMILES string of the molecule is CN1CC(C(=O)NN2CCCCC2)C=C2c3cccc4[nH]cc(c34)CC21. The highest BCUT2D eigenvalue weighted by Gasteiger charge is 2.35. The summed E-state index contributed by atoms with van der Waals surface area (Å²) in [6, 6.07) is 6.81. The Labute approximate surface area is 154 Å². The number of aromatic amines is 1. The van der Waals surface area contributed by atoms with E-state index in [1.807, 2.05) is 0 Å². The topological polar surface area (TPSA) is 51.4 Å². The highest BCUT2D eigenvalue weighted by molar-refractivity contribution is 5.99. The van der Waals surface area contributed by atoms with E-state index in [4.69, 9.17) is 0 Å². The summed E-state index contributed by atoms with van der Waals surface area (Å²) in [6.45, 7) is 2.72. The molecule has 3 heterocycles. The lowest BCUT2D eigenvalue weighted by atomic mass is 9.80. The van der Waals surface area contributed by atoms with Crippen molar-refractivity contribution in [2.75, 3.05) is 26.7 Å². The van der Waals surface area contributed by atoms with Gasteiger partial charge in [0.1, 0.15) is 0 Å². The Kier molecular flexibility index (Phi) is 3.87. The van der Waals surface area contributed by atoms with Crippen LogP contribution in [0.3, 0.4) is 0 Å². The van der Waals surface area contributed by atoms with Crippen LogP contribution in [0.2, 0.25) is 0 Å². The average Bonchev–Trinajstić information content (AvgIpc) is 3.08. The normalized spacial score (nSPS) is 26.4. The molecule has 136 valence electrons. The van der Waals surface area contributed by atoms with Crippen molar-refractivity contribution in [3.8, 4) is 0 Å². The number of hydrogen-bond acceptors (Lipinski definition) is 3. The number of likely N-dealkylation sites (N-methyl/N-ethyl adjacent to an activating group) is 1. The van der Waals surface area contributed by atoms with Crippen molar-refractivity contribution in [2.45, 2.75) is 31.7 Å². The van der Waals surface area contributed by atoms with Gasteiger partial charge in [0.2, 0.25) is 5.91 Å². The number of carbonyl (C=O) groups is 1. The van der Waals surface area contributed by atoms with Crippen LogP contribution in [0.4, 0.5) is 0 Å². The molecule has 5 nitrogen and oxygen atoms in total. The number of piperidine rings is 1. The van der Waals surface area contributed by atoms with Crippen molar-refractivity contribution in [3.05, 3.63) is 41.6 Å². The van der Waals surface area contributed by atoms with Crippen molar-refractivity contribution in [2.24, 2.45) is 5.92 Å². The molecule has 3 aliphatic rings. The molecule has 2 unspecified atom stereocenters. The van der Waals surface area contributed by atoms with Crippen LogP contribution in [0.15, 0.2) is 30.5 Å². The van der Waals surface area contributed by atoms with Crippen molar-refractivity contribution >= 4 is 22.4 Å². The van der Waals surface area contributed by atoms with Gasteiger partial charge in [0.05, 0.1) is 5.92 Å². The van der Waals surface area contributed by atoms with E-state index in [0.717, 1.165) is 26.1 Å². The van der Waals surface area contributed by atoms with Crippen LogP contribution >= 0.6 is 0 Å². The number of H-pyrrole nitrogens is 1. The van der Waals surface area contributed by atoms with Crippen molar-refractivity contribution in [1.29, 1.82) is 0 Å². The Morgan fingerprint density at radius 2 is 2.08 bits per heavy atom. The van der Waals surface area contributed by atoms with Gasteiger partial charge in [0, 0.05) is 42.8 Å². The minimum Gasteiger partial charge on any atom is -0.361 e. The van der Waals surface area contributed by atoms with Crippen LogP contribution in [0.5, 0.6) is 0 Å². The largest absolute Gasteiger partial charge is 0.361 e. The molecule has 0 spiro atoms. The standard InChI is InChI=1S/C21H26N4O/c1-24-13-15(21(26)23-25-8-3-2-4-9-25)10-17-16-6-5-7-18-20(16)14(12-22-18)11-19(17)24/h5-7,10,12,15,19,22H,2-4,8-9,11,13H2,1H3,(H,23,26). The fraction of sp³-hybridized carbons (Fsp3) is 0.476. The van der Waals surface area contributed by atoms with Crippen LogP contribution in [-0.2, 0) is 11.2 Å². The number of hydrazine groups is 1. The molecular weight excluding hydrogens is 324 g/mol. The van der Waals surface area contributed by atoms with Gasteiger partial charge in [-0.15, -0.1) is 0 Å². The summed E-state index contributed by atoms with van der Waals surface area (Å²) in [5, 5.41) is 3.43. The van der Waals surface area contributed by atoms with Gasteiger partial charge in [-0.1, -0.05) is 24.6 Å². The summed E-state index contributed by atoms with van der Waals surface area (Å²) in [7, 11) is 2.15. The Morgan fingerprint density at radius 1 is 1.23 bits per heavy atom. The highest BCUT2D eigenvalue weighted by atomic mass is 16.2. The predicted octanol–water partition coefficient (Wildman–Crippen LogP) is 2.55. The number of carbonyl (C=O) groups excluding carboxylic acids is 1. The smallest absolute Gasteiger partial charge is 0.242 e. The van der Waals surface area contributed by atoms with Gasteiger partial charge in [-0.3, -0.25) is 15.1 Å². The number of amides is 1. The van der Waals surface area contributed by atoms with Crippen LogP contribution in [-0.4, -0.2) is 53.5 Å². The van der Waals surface area contributed by atoms with E-state index < -0.39 is 0 Å². The molecule has 0 bridgehead atoms. The third-order valence-corrected chi connectivity index (χ3v) is 6.23. The molecule has 5 rings (SSSR count). The van der Waals surface area contributed by atoms with Gasteiger partial charge < -0.3 is 4.98 Å². The first kappa shape index (κ1) is 16.1. The summed E-state index contributed by atoms with van der Waals surface area (Å²) in [6.07, 6.45) is 9.01. The minimum absolute atomic E-state index is 0.0936. The lowest BCUT2D eigenvalue weighted by Gasteiger charge is -2.40. The Hall–Kier alpha value is -2.11. The van der Waals surface area contributed by atoms with Crippen molar-refractivity contribution in [3.63, 3.8) is 0 Å². The molecular formula is C21H26N4O. The molecule has 1 saturated heterocycles. The second-order valence-electron chi connectivity index (χ2n) is 7.95. The molecule has 2 aliphatic heterocycles. The van der Waals surface area contributed by atoms with Crippen molar-refractivity contribution < 1.29 is 4.79 Å². The summed E-state index contributed by atoms with van der Waals surface area (Å²) in [5.74, 6) is 0.0423. The van der Waals surface area contributed by atoms with Gasteiger partial charge in [0.25, 0.3) is 0 Å². The third kappa shape index (κ3) is 2.58. The summed E-state index contributed by atoms with van der Waals surface area (Å²) in [4.78, 5) is 18.6. The number of fused-ring (bicyclic) bond motifs is 2. The van der Waals surface area contributed by atoms with E-state index in [2.05, 4.69) is 57.8 Å². The van der Waals surface area contributed by atoms with Crippen molar-refractivity contribution in [1.82, 2.24) is 20.3 Å². The number of aromatic nitrogens is 1. The molecule has 1 aliphatic carbocycles. The molecule has 2 atom stereocenters. The van der Waals surface area contributed by atoms with E-state index in [0.29, 0.717) is 6.04 Å². The molecule has 0 saturated carbocycles. The van der Waals surface area contributed by atoms with Crippen LogP contribution < -0.4 is 5.43 Å². The van der Waals surface area contributed by atoms with Gasteiger partial charge in [-0.2, -0.15) is 0 Å². The molecule has 26 heavy (non-hydrogen) atoms. The monoisotopic (exact) mass is 350 g/mol. The predicted molar refractivity (Wildman–Crippen MR) is 103 cm³/mol. The maximum absolute atomic E-state index is 12.9. The number of rotatable bonds is 2. The van der Waals surface area contributed by atoms with E-state index in [9.17, 15) is 4.79 Å². The molecule has 1 amide bonds. The fourth-order valence-electron chi connectivity index (χ4n) is 4.86. The van der Waals surface area contributed by atoms with Gasteiger partial charge in [0.15, 0.2) is 0 Å². The zero-order valence-electron chi connectivity index (χ0n) is 15.3. The molecule has 1 fully saturated rings. The molecule has 0 radical (unpaired) electrons. The maximum Gasteiger partial charge on any atom is 0.242 e. The first-order valence-corrected chi connectivity index (χ1v) is 9.77. The quantitative estimate of drug-likeness (QED) is 0.875. The first-order valence-electron chi connectivity index (χ1n) is 9.77. The van der Waals surface area contributed by atoms with E-state index in [-0.39, 0.29) is 11.8 Å². The average molecular weight is 350 g/mol. The van der Waals surface area contributed by atoms with Gasteiger partial charge in [-0.25, -0.2) is 5.01 Å². The summed E-state index contributed by atoms with van der Waals surface area (Å²) >= 11 is 0. The molecule has 5 heteroatoms. The second-order valence-corrected chi connectivity index (χ2v) is 7.95. The van der Waals surface area contributed by atoms with Gasteiger partial charge >= 0.3 is 0 Å². The minimum atomic E-state index is -0.0936. The number of benzene rings is 1. The Bertz CT molecular complexity index is 877. The fourth-order valence-corrected chi connectivity index (χ4v) is 4.86. The van der Waals surface area contributed by atoms with E-state index >= 15 is 0 Å². The zero-order valence-corrected chi connectivity index (χ0v) is 15.3. The maximum atomic E-state index is 12.9. The number of nitrogens with one attached hydrogen (secondary N) is 2. The lowest BCUT2D eigenvalue weighted by molar-refractivity contribution is -0.129. The van der Waals surface area contributed by atoms with Crippen LogP contribution in [0.25, 0.3) is 16.5 Å². The summed E-state index contributed by atoms with van der Waals surface area (Å²) < 4.78 is 0. The van der Waals surface area contributed by atoms with E-state index in [1.54, 1.807) is 0 Å². The first-order chi connectivity index (χ1) is 12.7. The Balaban J connectivity index is 1.47. The number of hydrogen-bond donors (Lipinski definition) is 2. The van der Waals surface area contributed by atoms with Gasteiger partial charge in [-0.05, 0) is 49.1 Å². The Morgan fingerprint density at radius 3 is 2.92 bits per heavy atom.